The van der Waals surface area contributed by atoms with Crippen LogP contribution < -0.4 is 10.1 Å². The van der Waals surface area contributed by atoms with Crippen molar-refractivity contribution in [2.75, 3.05) is 19.8 Å². The molecule has 0 bridgehead atoms. The predicted octanol–water partition coefficient (Wildman–Crippen LogP) is 2.28. The van der Waals surface area contributed by atoms with Crippen LogP contribution in [-0.4, -0.2) is 31.6 Å². The minimum atomic E-state index is -0.482. The summed E-state index contributed by atoms with van der Waals surface area (Å²) in [5.74, 6) is 0.0422. The van der Waals surface area contributed by atoms with Crippen LogP contribution in [0.15, 0.2) is 54.6 Å². The van der Waals surface area contributed by atoms with Gasteiger partial charge in [-0.2, -0.15) is 0 Å². The molecule has 0 saturated heterocycles. The summed E-state index contributed by atoms with van der Waals surface area (Å²) < 4.78 is 10.5. The van der Waals surface area contributed by atoms with E-state index >= 15 is 0 Å². The highest BCUT2D eigenvalue weighted by molar-refractivity contribution is 5.83. The summed E-state index contributed by atoms with van der Waals surface area (Å²) in [5.41, 5.74) is 2.00. The summed E-state index contributed by atoms with van der Waals surface area (Å²) in [7, 11) is 0. The summed E-state index contributed by atoms with van der Waals surface area (Å²) >= 11 is 0. The molecule has 0 aliphatic carbocycles. The molecule has 1 N–H and O–H groups in total. The zero-order valence-corrected chi connectivity index (χ0v) is 13.7. The van der Waals surface area contributed by atoms with Crippen molar-refractivity contribution in [3.05, 3.63) is 65.7 Å². The predicted molar refractivity (Wildman–Crippen MR) is 90.8 cm³/mol. The van der Waals surface area contributed by atoms with Crippen molar-refractivity contribution in [3.63, 3.8) is 0 Å². The maximum atomic E-state index is 11.7. The largest absolute Gasteiger partial charge is 0.490 e. The van der Waals surface area contributed by atoms with Gasteiger partial charge < -0.3 is 14.8 Å². The minimum absolute atomic E-state index is 0.140. The van der Waals surface area contributed by atoms with Gasteiger partial charge in [0.25, 0.3) is 0 Å². The van der Waals surface area contributed by atoms with Crippen LogP contribution >= 0.6 is 0 Å². The van der Waals surface area contributed by atoms with Gasteiger partial charge in [-0.1, -0.05) is 42.5 Å². The lowest BCUT2D eigenvalue weighted by Gasteiger charge is -2.08. The number of esters is 1. The summed E-state index contributed by atoms with van der Waals surface area (Å²) in [6, 6.07) is 17.0. The number of amides is 1. The molecule has 0 aromatic heterocycles. The van der Waals surface area contributed by atoms with Gasteiger partial charge in [0.2, 0.25) is 5.91 Å². The normalized spacial score (nSPS) is 10.0. The minimum Gasteiger partial charge on any atom is -0.490 e. The number of rotatable bonds is 8. The standard InChI is InChI=1S/C19H21NO4/c1-15-6-5-9-17(12-15)23-10-11-24-19(22)14-20-18(21)13-16-7-3-2-4-8-16/h2-9,12H,10-11,13-14H2,1H3,(H,20,21). The first kappa shape index (κ1) is 17.5. The molecule has 2 aromatic rings. The summed E-state index contributed by atoms with van der Waals surface area (Å²) in [4.78, 5) is 23.3. The quantitative estimate of drug-likeness (QED) is 0.597. The molecule has 0 saturated carbocycles. The number of hydrogen-bond acceptors (Lipinski definition) is 4. The number of carbonyl (C=O) groups is 2. The molecule has 5 nitrogen and oxygen atoms in total. The van der Waals surface area contributed by atoms with E-state index < -0.39 is 5.97 Å². The van der Waals surface area contributed by atoms with Crippen LogP contribution in [0.2, 0.25) is 0 Å². The summed E-state index contributed by atoms with van der Waals surface area (Å²) in [5, 5.41) is 2.54. The molecule has 0 atom stereocenters. The Bertz CT molecular complexity index is 670. The van der Waals surface area contributed by atoms with Crippen LogP contribution in [0.25, 0.3) is 0 Å². The Morgan fingerprint density at radius 2 is 1.79 bits per heavy atom. The Balaban J connectivity index is 1.59. The van der Waals surface area contributed by atoms with Crippen molar-refractivity contribution in [2.45, 2.75) is 13.3 Å². The number of hydrogen-bond donors (Lipinski definition) is 1. The third kappa shape index (κ3) is 6.52. The van der Waals surface area contributed by atoms with E-state index in [4.69, 9.17) is 9.47 Å². The third-order valence-corrected chi connectivity index (χ3v) is 3.24. The molecule has 126 valence electrons. The van der Waals surface area contributed by atoms with E-state index in [-0.39, 0.29) is 32.1 Å². The van der Waals surface area contributed by atoms with Crippen molar-refractivity contribution >= 4 is 11.9 Å². The van der Waals surface area contributed by atoms with Crippen LogP contribution in [0, 0.1) is 6.92 Å². The Labute approximate surface area is 141 Å². The lowest BCUT2D eigenvalue weighted by molar-refractivity contribution is -0.144. The molecule has 0 unspecified atom stereocenters. The topological polar surface area (TPSA) is 64.6 Å². The molecule has 0 aliphatic heterocycles. The Morgan fingerprint density at radius 1 is 1.00 bits per heavy atom. The molecule has 1 amide bonds. The molecule has 0 radical (unpaired) electrons. The number of carbonyl (C=O) groups excluding carboxylic acids is 2. The lowest BCUT2D eigenvalue weighted by Crippen LogP contribution is -2.32. The maximum Gasteiger partial charge on any atom is 0.325 e. The van der Waals surface area contributed by atoms with Gasteiger partial charge in [0.15, 0.2) is 0 Å². The first-order chi connectivity index (χ1) is 11.6. The monoisotopic (exact) mass is 327 g/mol. The van der Waals surface area contributed by atoms with Gasteiger partial charge in [-0.25, -0.2) is 0 Å². The van der Waals surface area contributed by atoms with E-state index in [0.29, 0.717) is 0 Å². The molecular weight excluding hydrogens is 306 g/mol. The van der Waals surface area contributed by atoms with Gasteiger partial charge >= 0.3 is 5.97 Å². The van der Waals surface area contributed by atoms with Crippen molar-refractivity contribution < 1.29 is 19.1 Å². The fourth-order valence-electron chi connectivity index (χ4n) is 2.09. The van der Waals surface area contributed by atoms with E-state index in [2.05, 4.69) is 5.32 Å². The first-order valence-corrected chi connectivity index (χ1v) is 7.79. The number of ether oxygens (including phenoxy) is 2. The van der Waals surface area contributed by atoms with E-state index in [1.165, 1.54) is 0 Å². The van der Waals surface area contributed by atoms with Gasteiger partial charge in [-0.05, 0) is 30.2 Å². The molecule has 2 aromatic carbocycles. The molecule has 2 rings (SSSR count). The smallest absolute Gasteiger partial charge is 0.325 e. The van der Waals surface area contributed by atoms with E-state index in [1.54, 1.807) is 0 Å². The third-order valence-electron chi connectivity index (χ3n) is 3.24. The van der Waals surface area contributed by atoms with Crippen LogP contribution in [0.3, 0.4) is 0 Å². The fraction of sp³-hybridized carbons (Fsp3) is 0.263. The lowest BCUT2D eigenvalue weighted by atomic mass is 10.1. The average molecular weight is 327 g/mol. The van der Waals surface area contributed by atoms with E-state index in [9.17, 15) is 9.59 Å². The summed E-state index contributed by atoms with van der Waals surface area (Å²) in [6.07, 6.45) is 0.241. The van der Waals surface area contributed by atoms with Gasteiger partial charge in [0, 0.05) is 0 Å². The van der Waals surface area contributed by atoms with Crippen molar-refractivity contribution in [2.24, 2.45) is 0 Å². The highest BCUT2D eigenvalue weighted by Gasteiger charge is 2.07. The summed E-state index contributed by atoms with van der Waals surface area (Å²) in [6.45, 7) is 2.25. The Morgan fingerprint density at radius 3 is 2.54 bits per heavy atom. The number of nitrogens with one attached hydrogen (secondary N) is 1. The van der Waals surface area contributed by atoms with Crippen LogP contribution in [0.1, 0.15) is 11.1 Å². The Kier molecular flexibility index (Phi) is 6.83. The Hall–Kier alpha value is -2.82. The van der Waals surface area contributed by atoms with E-state index in [1.807, 2.05) is 61.5 Å². The first-order valence-electron chi connectivity index (χ1n) is 7.79. The zero-order valence-electron chi connectivity index (χ0n) is 13.7. The molecule has 0 fully saturated rings. The molecule has 5 heteroatoms. The van der Waals surface area contributed by atoms with Gasteiger partial charge in [0.05, 0.1) is 6.42 Å². The van der Waals surface area contributed by atoms with Crippen LogP contribution in [-0.2, 0) is 20.7 Å². The number of aryl methyl sites for hydroxylation is 1. The highest BCUT2D eigenvalue weighted by Crippen LogP contribution is 2.11. The van der Waals surface area contributed by atoms with E-state index in [0.717, 1.165) is 16.9 Å². The second-order valence-electron chi connectivity index (χ2n) is 5.32. The maximum absolute atomic E-state index is 11.7. The van der Waals surface area contributed by atoms with Crippen LogP contribution in [0.5, 0.6) is 5.75 Å². The molecule has 0 spiro atoms. The SMILES string of the molecule is Cc1cccc(OCCOC(=O)CNC(=O)Cc2ccccc2)c1. The molecule has 0 aliphatic rings. The molecular formula is C19H21NO4. The average Bonchev–Trinajstić information content (AvgIpc) is 2.58. The second kappa shape index (κ2) is 9.35. The second-order valence-corrected chi connectivity index (χ2v) is 5.32. The highest BCUT2D eigenvalue weighted by atomic mass is 16.6. The molecule has 0 heterocycles. The molecule has 24 heavy (non-hydrogen) atoms. The van der Waals surface area contributed by atoms with Crippen molar-refractivity contribution in [1.29, 1.82) is 0 Å². The van der Waals surface area contributed by atoms with Crippen LogP contribution in [0.4, 0.5) is 0 Å². The zero-order chi connectivity index (χ0) is 17.2. The van der Waals surface area contributed by atoms with Crippen molar-refractivity contribution in [3.8, 4) is 5.75 Å². The number of benzene rings is 2. The van der Waals surface area contributed by atoms with Gasteiger partial charge in [-0.3, -0.25) is 9.59 Å². The fourth-order valence-corrected chi connectivity index (χ4v) is 2.09. The van der Waals surface area contributed by atoms with Gasteiger partial charge in [-0.15, -0.1) is 0 Å². The van der Waals surface area contributed by atoms with Crippen molar-refractivity contribution in [1.82, 2.24) is 5.32 Å². The van der Waals surface area contributed by atoms with Gasteiger partial charge in [0.1, 0.15) is 25.5 Å².